The molecule has 0 fully saturated rings. The molecule has 102 valence electrons. The van der Waals surface area contributed by atoms with Crippen molar-refractivity contribution in [3.63, 3.8) is 0 Å². The van der Waals surface area contributed by atoms with Gasteiger partial charge in [0.05, 0.1) is 0 Å². The Labute approximate surface area is 120 Å². The van der Waals surface area contributed by atoms with E-state index in [0.29, 0.717) is 0 Å². The standard InChI is InChI=1S/C18H19NO/c1-15(14-17-10-6-3-7-11-17)19-18(20)13-12-16-8-4-2-5-9-16/h2-13,15H,14H2,1H3,(H,19,20)/t15-/m1/s1. The zero-order valence-corrected chi connectivity index (χ0v) is 11.6. The largest absolute Gasteiger partial charge is 0.350 e. The van der Waals surface area contributed by atoms with Gasteiger partial charge in [-0.15, -0.1) is 0 Å². The Morgan fingerprint density at radius 2 is 1.65 bits per heavy atom. The summed E-state index contributed by atoms with van der Waals surface area (Å²) in [6, 6.07) is 20.1. The molecule has 0 unspecified atom stereocenters. The Morgan fingerprint density at radius 3 is 2.30 bits per heavy atom. The summed E-state index contributed by atoms with van der Waals surface area (Å²) in [6.45, 7) is 2.02. The predicted molar refractivity (Wildman–Crippen MR) is 83.2 cm³/mol. The van der Waals surface area contributed by atoms with Crippen LogP contribution in [-0.2, 0) is 11.2 Å². The maximum atomic E-state index is 11.8. The highest BCUT2D eigenvalue weighted by atomic mass is 16.1. The van der Waals surface area contributed by atoms with Crippen molar-refractivity contribution in [3.05, 3.63) is 77.9 Å². The summed E-state index contributed by atoms with van der Waals surface area (Å²) in [5.41, 5.74) is 2.26. The van der Waals surface area contributed by atoms with Gasteiger partial charge in [0.1, 0.15) is 0 Å². The predicted octanol–water partition coefficient (Wildman–Crippen LogP) is 3.45. The summed E-state index contributed by atoms with van der Waals surface area (Å²) in [7, 11) is 0. The van der Waals surface area contributed by atoms with Crippen molar-refractivity contribution in [1.29, 1.82) is 0 Å². The van der Waals surface area contributed by atoms with Crippen LogP contribution in [0.4, 0.5) is 0 Å². The van der Waals surface area contributed by atoms with E-state index in [1.165, 1.54) is 5.56 Å². The lowest BCUT2D eigenvalue weighted by atomic mass is 10.1. The Hall–Kier alpha value is -2.35. The van der Waals surface area contributed by atoms with Gasteiger partial charge in [-0.05, 0) is 30.5 Å². The van der Waals surface area contributed by atoms with Crippen LogP contribution in [-0.4, -0.2) is 11.9 Å². The minimum absolute atomic E-state index is 0.0581. The zero-order chi connectivity index (χ0) is 14.2. The number of carbonyl (C=O) groups is 1. The molecule has 1 amide bonds. The number of hydrogen-bond donors (Lipinski definition) is 1. The van der Waals surface area contributed by atoms with Crippen LogP contribution in [0.15, 0.2) is 66.7 Å². The molecule has 1 N–H and O–H groups in total. The Morgan fingerprint density at radius 1 is 1.05 bits per heavy atom. The van der Waals surface area contributed by atoms with Gasteiger partial charge in [0, 0.05) is 12.1 Å². The third-order valence-corrected chi connectivity index (χ3v) is 3.00. The molecule has 0 aliphatic rings. The average molecular weight is 265 g/mol. The van der Waals surface area contributed by atoms with Crippen molar-refractivity contribution in [3.8, 4) is 0 Å². The van der Waals surface area contributed by atoms with Crippen molar-refractivity contribution in [1.82, 2.24) is 5.32 Å². The maximum Gasteiger partial charge on any atom is 0.244 e. The van der Waals surface area contributed by atoms with Crippen molar-refractivity contribution in [2.45, 2.75) is 19.4 Å². The van der Waals surface area contributed by atoms with E-state index in [4.69, 9.17) is 0 Å². The second-order valence-electron chi connectivity index (χ2n) is 4.84. The van der Waals surface area contributed by atoms with Crippen molar-refractivity contribution < 1.29 is 4.79 Å². The Bertz CT molecular complexity index is 560. The summed E-state index contributed by atoms with van der Waals surface area (Å²) in [6.07, 6.45) is 4.24. The molecule has 20 heavy (non-hydrogen) atoms. The van der Waals surface area contributed by atoms with Gasteiger partial charge in [0.15, 0.2) is 0 Å². The third kappa shape index (κ3) is 4.73. The molecule has 2 rings (SSSR count). The van der Waals surface area contributed by atoms with E-state index in [-0.39, 0.29) is 11.9 Å². The van der Waals surface area contributed by atoms with E-state index in [1.807, 2.05) is 61.5 Å². The molecule has 0 aliphatic heterocycles. The first-order valence-electron chi connectivity index (χ1n) is 6.81. The highest BCUT2D eigenvalue weighted by Crippen LogP contribution is 2.03. The van der Waals surface area contributed by atoms with Gasteiger partial charge in [-0.25, -0.2) is 0 Å². The minimum Gasteiger partial charge on any atom is -0.350 e. The van der Waals surface area contributed by atoms with Crippen LogP contribution < -0.4 is 5.32 Å². The van der Waals surface area contributed by atoms with Crippen LogP contribution in [0.2, 0.25) is 0 Å². The summed E-state index contributed by atoms with van der Waals surface area (Å²) in [5, 5.41) is 2.97. The minimum atomic E-state index is -0.0581. The fourth-order valence-electron chi connectivity index (χ4n) is 2.05. The van der Waals surface area contributed by atoms with Crippen molar-refractivity contribution >= 4 is 12.0 Å². The van der Waals surface area contributed by atoms with Gasteiger partial charge < -0.3 is 5.32 Å². The van der Waals surface area contributed by atoms with Gasteiger partial charge in [-0.3, -0.25) is 4.79 Å². The second-order valence-corrected chi connectivity index (χ2v) is 4.84. The van der Waals surface area contributed by atoms with Gasteiger partial charge in [-0.2, -0.15) is 0 Å². The number of hydrogen-bond acceptors (Lipinski definition) is 1. The van der Waals surface area contributed by atoms with Gasteiger partial charge >= 0.3 is 0 Å². The van der Waals surface area contributed by atoms with Crippen LogP contribution >= 0.6 is 0 Å². The average Bonchev–Trinajstić information content (AvgIpc) is 2.47. The van der Waals surface area contributed by atoms with E-state index >= 15 is 0 Å². The van der Waals surface area contributed by atoms with Crippen LogP contribution in [0.25, 0.3) is 6.08 Å². The number of benzene rings is 2. The van der Waals surface area contributed by atoms with Crippen LogP contribution in [0, 0.1) is 0 Å². The van der Waals surface area contributed by atoms with Gasteiger partial charge in [-0.1, -0.05) is 60.7 Å². The molecule has 0 saturated heterocycles. The quantitative estimate of drug-likeness (QED) is 0.824. The fraction of sp³-hybridized carbons (Fsp3) is 0.167. The molecule has 2 aromatic rings. The number of rotatable bonds is 5. The van der Waals surface area contributed by atoms with Gasteiger partial charge in [0.25, 0.3) is 0 Å². The number of carbonyl (C=O) groups excluding carboxylic acids is 1. The molecule has 0 bridgehead atoms. The third-order valence-electron chi connectivity index (χ3n) is 3.00. The molecule has 0 heterocycles. The molecule has 0 saturated carbocycles. The molecule has 0 aliphatic carbocycles. The first-order chi connectivity index (χ1) is 9.74. The van der Waals surface area contributed by atoms with E-state index < -0.39 is 0 Å². The molecule has 2 heteroatoms. The van der Waals surface area contributed by atoms with Crippen molar-refractivity contribution in [2.24, 2.45) is 0 Å². The lowest BCUT2D eigenvalue weighted by Crippen LogP contribution is -2.32. The lowest BCUT2D eigenvalue weighted by Gasteiger charge is -2.12. The maximum absolute atomic E-state index is 11.8. The van der Waals surface area contributed by atoms with Crippen molar-refractivity contribution in [2.75, 3.05) is 0 Å². The Balaban J connectivity index is 1.84. The topological polar surface area (TPSA) is 29.1 Å². The highest BCUT2D eigenvalue weighted by Gasteiger charge is 2.05. The van der Waals surface area contributed by atoms with E-state index in [2.05, 4.69) is 17.4 Å². The zero-order valence-electron chi connectivity index (χ0n) is 11.6. The molecule has 0 spiro atoms. The van der Waals surface area contributed by atoms with E-state index in [0.717, 1.165) is 12.0 Å². The second kappa shape index (κ2) is 7.29. The van der Waals surface area contributed by atoms with Gasteiger partial charge in [0.2, 0.25) is 5.91 Å². The molecule has 0 aromatic heterocycles. The van der Waals surface area contributed by atoms with Crippen LogP contribution in [0.1, 0.15) is 18.1 Å². The summed E-state index contributed by atoms with van der Waals surface area (Å²) >= 11 is 0. The Kier molecular flexibility index (Phi) is 5.13. The summed E-state index contributed by atoms with van der Waals surface area (Å²) in [4.78, 5) is 11.8. The molecule has 2 aromatic carbocycles. The highest BCUT2D eigenvalue weighted by molar-refractivity contribution is 5.91. The molecular weight excluding hydrogens is 246 g/mol. The van der Waals surface area contributed by atoms with E-state index in [9.17, 15) is 4.79 Å². The fourth-order valence-corrected chi connectivity index (χ4v) is 2.05. The summed E-state index contributed by atoms with van der Waals surface area (Å²) < 4.78 is 0. The van der Waals surface area contributed by atoms with Crippen LogP contribution in [0.5, 0.6) is 0 Å². The van der Waals surface area contributed by atoms with Crippen LogP contribution in [0.3, 0.4) is 0 Å². The number of amides is 1. The first kappa shape index (κ1) is 14.1. The lowest BCUT2D eigenvalue weighted by molar-refractivity contribution is -0.117. The number of nitrogens with one attached hydrogen (secondary N) is 1. The SMILES string of the molecule is C[C@H](Cc1ccccc1)NC(=O)C=Cc1ccccc1. The molecular formula is C18H19NO. The summed E-state index contributed by atoms with van der Waals surface area (Å²) in [5.74, 6) is -0.0581. The smallest absolute Gasteiger partial charge is 0.244 e. The molecule has 0 radical (unpaired) electrons. The first-order valence-corrected chi connectivity index (χ1v) is 6.81. The molecule has 1 atom stereocenters. The normalized spacial score (nSPS) is 12.2. The van der Waals surface area contributed by atoms with E-state index in [1.54, 1.807) is 6.08 Å². The monoisotopic (exact) mass is 265 g/mol. The molecule has 2 nitrogen and oxygen atoms in total.